The normalized spacial score (nSPS) is 23.1. The Labute approximate surface area is 124 Å². The van der Waals surface area contributed by atoms with Crippen LogP contribution in [0.5, 0.6) is 0 Å². The first-order chi connectivity index (χ1) is 9.62. The van der Waals surface area contributed by atoms with Crippen LogP contribution >= 0.6 is 0 Å². The number of hydrogen-bond acceptors (Lipinski definition) is 3. The van der Waals surface area contributed by atoms with Crippen LogP contribution in [-0.2, 0) is 9.53 Å². The molecule has 20 heavy (non-hydrogen) atoms. The third-order valence-corrected chi connectivity index (χ3v) is 4.53. The van der Waals surface area contributed by atoms with Crippen LogP contribution in [0.3, 0.4) is 0 Å². The van der Waals surface area contributed by atoms with E-state index in [0.29, 0.717) is 37.6 Å². The standard InChI is InChI=1S/C16H32N2O2/c1-4-15(5-2)18(9-10-20-3)16(19)12-13-7-6-8-14(17)11-13/h13-15H,4-12,17H2,1-3H3. The minimum absolute atomic E-state index is 0.287. The highest BCUT2D eigenvalue weighted by molar-refractivity contribution is 5.76. The van der Waals surface area contributed by atoms with Crippen molar-refractivity contribution in [1.82, 2.24) is 4.90 Å². The summed E-state index contributed by atoms with van der Waals surface area (Å²) in [5.74, 6) is 0.764. The third-order valence-electron chi connectivity index (χ3n) is 4.53. The second-order valence-electron chi connectivity index (χ2n) is 6.05. The molecule has 2 unspecified atom stereocenters. The first kappa shape index (κ1) is 17.4. The molecule has 1 rings (SSSR count). The lowest BCUT2D eigenvalue weighted by atomic mass is 9.84. The highest BCUT2D eigenvalue weighted by Crippen LogP contribution is 2.27. The van der Waals surface area contributed by atoms with Crippen molar-refractivity contribution in [3.8, 4) is 0 Å². The predicted octanol–water partition coefficient (Wildman–Crippen LogP) is 2.56. The highest BCUT2D eigenvalue weighted by Gasteiger charge is 2.26. The number of nitrogens with two attached hydrogens (primary N) is 1. The first-order valence-electron chi connectivity index (χ1n) is 8.16. The Balaban J connectivity index is 2.57. The van der Waals surface area contributed by atoms with E-state index in [1.54, 1.807) is 7.11 Å². The van der Waals surface area contributed by atoms with E-state index in [0.717, 1.165) is 32.1 Å². The fourth-order valence-corrected chi connectivity index (χ4v) is 3.31. The fraction of sp³-hybridized carbons (Fsp3) is 0.938. The van der Waals surface area contributed by atoms with Crippen molar-refractivity contribution >= 4 is 5.91 Å². The summed E-state index contributed by atoms with van der Waals surface area (Å²) in [6.45, 7) is 5.63. The molecular weight excluding hydrogens is 252 g/mol. The number of hydrogen-bond donors (Lipinski definition) is 1. The van der Waals surface area contributed by atoms with Crippen LogP contribution < -0.4 is 5.73 Å². The van der Waals surface area contributed by atoms with Gasteiger partial charge in [-0.2, -0.15) is 0 Å². The molecule has 4 nitrogen and oxygen atoms in total. The van der Waals surface area contributed by atoms with E-state index in [4.69, 9.17) is 10.5 Å². The van der Waals surface area contributed by atoms with Gasteiger partial charge in [-0.05, 0) is 38.0 Å². The predicted molar refractivity (Wildman–Crippen MR) is 82.5 cm³/mol. The van der Waals surface area contributed by atoms with Gasteiger partial charge in [-0.3, -0.25) is 4.79 Å². The lowest BCUT2D eigenvalue weighted by molar-refractivity contribution is -0.135. The monoisotopic (exact) mass is 284 g/mol. The maximum Gasteiger partial charge on any atom is 0.223 e. The van der Waals surface area contributed by atoms with Gasteiger partial charge in [0.25, 0.3) is 0 Å². The van der Waals surface area contributed by atoms with Gasteiger partial charge in [-0.1, -0.05) is 20.3 Å². The Hall–Kier alpha value is -0.610. The molecule has 0 aromatic heterocycles. The van der Waals surface area contributed by atoms with Gasteiger partial charge in [0.2, 0.25) is 5.91 Å². The topological polar surface area (TPSA) is 55.6 Å². The van der Waals surface area contributed by atoms with Crippen LogP contribution in [0.15, 0.2) is 0 Å². The second kappa shape index (κ2) is 9.35. The number of carbonyl (C=O) groups excluding carboxylic acids is 1. The van der Waals surface area contributed by atoms with E-state index in [1.807, 2.05) is 4.90 Å². The molecule has 118 valence electrons. The SMILES string of the molecule is CCC(CC)N(CCOC)C(=O)CC1CCCC(N)C1. The molecule has 0 aromatic rings. The minimum Gasteiger partial charge on any atom is -0.383 e. The summed E-state index contributed by atoms with van der Waals surface area (Å²) in [6, 6.07) is 0.636. The lowest BCUT2D eigenvalue weighted by Gasteiger charge is -2.33. The van der Waals surface area contributed by atoms with Gasteiger partial charge in [-0.15, -0.1) is 0 Å². The molecule has 0 spiro atoms. The van der Waals surface area contributed by atoms with Crippen LogP contribution in [0.25, 0.3) is 0 Å². The number of carbonyl (C=O) groups is 1. The van der Waals surface area contributed by atoms with Gasteiger partial charge >= 0.3 is 0 Å². The maximum absolute atomic E-state index is 12.6. The van der Waals surface area contributed by atoms with Crippen LogP contribution in [0, 0.1) is 5.92 Å². The Bertz CT molecular complexity index is 280. The summed E-state index contributed by atoms with van der Waals surface area (Å²) in [4.78, 5) is 14.6. The molecule has 4 heteroatoms. The van der Waals surface area contributed by atoms with Crippen LogP contribution in [0.1, 0.15) is 58.8 Å². The molecule has 0 aromatic carbocycles. The summed E-state index contributed by atoms with van der Waals surface area (Å²) >= 11 is 0. The van der Waals surface area contributed by atoms with Gasteiger partial charge in [-0.25, -0.2) is 0 Å². The number of amides is 1. The average molecular weight is 284 g/mol. The van der Waals surface area contributed by atoms with Crippen LogP contribution in [-0.4, -0.2) is 43.2 Å². The third kappa shape index (κ3) is 5.41. The highest BCUT2D eigenvalue weighted by atomic mass is 16.5. The van der Waals surface area contributed by atoms with E-state index in [2.05, 4.69) is 13.8 Å². The fourth-order valence-electron chi connectivity index (χ4n) is 3.31. The largest absolute Gasteiger partial charge is 0.383 e. The molecule has 1 aliphatic carbocycles. The Morgan fingerprint density at radius 3 is 2.60 bits per heavy atom. The molecule has 0 heterocycles. The van der Waals surface area contributed by atoms with Crippen molar-refractivity contribution in [2.45, 2.75) is 70.9 Å². The quantitative estimate of drug-likeness (QED) is 0.745. The minimum atomic E-state index is 0.287. The average Bonchev–Trinajstić information content (AvgIpc) is 2.43. The summed E-state index contributed by atoms with van der Waals surface area (Å²) in [6.07, 6.45) is 7.13. The zero-order valence-corrected chi connectivity index (χ0v) is 13.4. The molecule has 0 bridgehead atoms. The molecule has 0 saturated heterocycles. The van der Waals surface area contributed by atoms with Crippen molar-refractivity contribution in [2.24, 2.45) is 11.7 Å². The number of methoxy groups -OCH3 is 1. The molecule has 1 amide bonds. The summed E-state index contributed by atoms with van der Waals surface area (Å²) in [5, 5.41) is 0. The molecule has 1 fully saturated rings. The van der Waals surface area contributed by atoms with Crippen molar-refractivity contribution < 1.29 is 9.53 Å². The van der Waals surface area contributed by atoms with Gasteiger partial charge in [0.05, 0.1) is 6.61 Å². The molecule has 0 radical (unpaired) electrons. The summed E-state index contributed by atoms with van der Waals surface area (Å²) < 4.78 is 5.15. The molecule has 0 aliphatic heterocycles. The van der Waals surface area contributed by atoms with E-state index in [9.17, 15) is 4.79 Å². The van der Waals surface area contributed by atoms with Gasteiger partial charge < -0.3 is 15.4 Å². The summed E-state index contributed by atoms with van der Waals surface area (Å²) in [5.41, 5.74) is 6.02. The van der Waals surface area contributed by atoms with Crippen LogP contribution in [0.2, 0.25) is 0 Å². The second-order valence-corrected chi connectivity index (χ2v) is 6.05. The van der Waals surface area contributed by atoms with E-state index in [-0.39, 0.29) is 5.91 Å². The summed E-state index contributed by atoms with van der Waals surface area (Å²) in [7, 11) is 1.69. The van der Waals surface area contributed by atoms with Crippen molar-refractivity contribution in [2.75, 3.05) is 20.3 Å². The molecule has 2 atom stereocenters. The zero-order valence-electron chi connectivity index (χ0n) is 13.4. The lowest BCUT2D eigenvalue weighted by Crippen LogP contribution is -2.43. The first-order valence-corrected chi connectivity index (χ1v) is 8.16. The zero-order chi connectivity index (χ0) is 15.0. The maximum atomic E-state index is 12.6. The Morgan fingerprint density at radius 1 is 1.35 bits per heavy atom. The Kier molecular flexibility index (Phi) is 8.15. The van der Waals surface area contributed by atoms with Crippen molar-refractivity contribution in [3.63, 3.8) is 0 Å². The van der Waals surface area contributed by atoms with Gasteiger partial charge in [0, 0.05) is 32.2 Å². The molecule has 1 aliphatic rings. The number of ether oxygens (including phenoxy) is 1. The van der Waals surface area contributed by atoms with E-state index >= 15 is 0 Å². The van der Waals surface area contributed by atoms with E-state index < -0.39 is 0 Å². The number of nitrogens with zero attached hydrogens (tertiary/aromatic N) is 1. The van der Waals surface area contributed by atoms with E-state index in [1.165, 1.54) is 6.42 Å². The van der Waals surface area contributed by atoms with Gasteiger partial charge in [0.1, 0.15) is 0 Å². The smallest absolute Gasteiger partial charge is 0.223 e. The number of rotatable bonds is 8. The van der Waals surface area contributed by atoms with Crippen LogP contribution in [0.4, 0.5) is 0 Å². The van der Waals surface area contributed by atoms with Crippen molar-refractivity contribution in [1.29, 1.82) is 0 Å². The van der Waals surface area contributed by atoms with Crippen molar-refractivity contribution in [3.05, 3.63) is 0 Å². The van der Waals surface area contributed by atoms with Gasteiger partial charge in [0.15, 0.2) is 0 Å². The molecule has 1 saturated carbocycles. The molecular formula is C16H32N2O2. The molecule has 2 N–H and O–H groups in total. The Morgan fingerprint density at radius 2 is 2.05 bits per heavy atom.